The fourth-order valence-corrected chi connectivity index (χ4v) is 7.18. The highest BCUT2D eigenvalue weighted by Crippen LogP contribution is 2.48. The van der Waals surface area contributed by atoms with Crippen molar-refractivity contribution < 1.29 is 23.8 Å². The number of piperidine rings is 1. The van der Waals surface area contributed by atoms with E-state index in [9.17, 15) is 9.90 Å². The van der Waals surface area contributed by atoms with Gasteiger partial charge in [-0.2, -0.15) is 0 Å². The number of aliphatic carboxylic acids is 1. The summed E-state index contributed by atoms with van der Waals surface area (Å²) in [6, 6.07) is 10.5. The van der Waals surface area contributed by atoms with Gasteiger partial charge in [0.2, 0.25) is 0 Å². The normalized spacial score (nSPS) is 21.5. The highest BCUT2D eigenvalue weighted by atomic mass is 16.5. The van der Waals surface area contributed by atoms with Gasteiger partial charge in [0.15, 0.2) is 11.5 Å². The van der Waals surface area contributed by atoms with Crippen molar-refractivity contribution in [3.05, 3.63) is 52.9 Å². The average Bonchev–Trinajstić information content (AvgIpc) is 3.71. The fourth-order valence-electron chi connectivity index (χ4n) is 7.18. The number of hydrogen-bond acceptors (Lipinski definition) is 6. The minimum atomic E-state index is -0.710. The molecule has 0 spiro atoms. The second-order valence-corrected chi connectivity index (χ2v) is 14.1. The van der Waals surface area contributed by atoms with E-state index in [1.54, 1.807) is 7.11 Å². The molecule has 7 nitrogen and oxygen atoms in total. The predicted octanol–water partition coefficient (Wildman–Crippen LogP) is 7.25. The van der Waals surface area contributed by atoms with Crippen molar-refractivity contribution in [2.24, 2.45) is 23.2 Å². The van der Waals surface area contributed by atoms with Gasteiger partial charge in [-0.3, -0.25) is 9.69 Å². The zero-order chi connectivity index (χ0) is 29.6. The Kier molecular flexibility index (Phi) is 7.99. The summed E-state index contributed by atoms with van der Waals surface area (Å²) in [5.74, 6) is 2.58. The zero-order valence-corrected chi connectivity index (χ0v) is 25.8. The highest BCUT2D eigenvalue weighted by molar-refractivity contribution is 5.79. The molecule has 0 unspecified atom stereocenters. The van der Waals surface area contributed by atoms with Gasteiger partial charge in [-0.15, -0.1) is 0 Å². The zero-order valence-electron chi connectivity index (χ0n) is 25.8. The lowest BCUT2D eigenvalue weighted by Gasteiger charge is -2.38. The first kappa shape index (κ1) is 29.0. The number of aromatic nitrogens is 1. The molecule has 2 aliphatic heterocycles. The molecule has 7 heteroatoms. The van der Waals surface area contributed by atoms with Crippen LogP contribution in [-0.4, -0.2) is 47.3 Å². The number of carbonyl (C=O) groups is 1. The molecule has 0 radical (unpaired) electrons. The van der Waals surface area contributed by atoms with E-state index in [4.69, 9.17) is 18.9 Å². The number of hydrogen-bond donors (Lipinski definition) is 1. The van der Waals surface area contributed by atoms with Gasteiger partial charge < -0.3 is 19.0 Å². The summed E-state index contributed by atoms with van der Waals surface area (Å²) in [5.41, 5.74) is 5.34. The number of aryl methyl sites for hydroxylation is 1. The van der Waals surface area contributed by atoms with Gasteiger partial charge in [-0.25, -0.2) is 4.98 Å². The van der Waals surface area contributed by atoms with Crippen LogP contribution in [0.25, 0.3) is 11.1 Å². The number of rotatable bonds is 9. The molecule has 42 heavy (non-hydrogen) atoms. The van der Waals surface area contributed by atoms with E-state index < -0.39 is 5.97 Å². The summed E-state index contributed by atoms with van der Waals surface area (Å²) < 4.78 is 18.6. The molecular formula is C35H46N2O5. The number of carboxylic acids is 1. The van der Waals surface area contributed by atoms with Crippen molar-refractivity contribution in [3.8, 4) is 11.5 Å². The molecule has 3 heterocycles. The topological polar surface area (TPSA) is 85.0 Å². The first-order valence-electron chi connectivity index (χ1n) is 15.8. The van der Waals surface area contributed by atoms with Crippen LogP contribution in [0, 0.1) is 23.2 Å². The maximum atomic E-state index is 11.8. The van der Waals surface area contributed by atoms with Crippen LogP contribution in [0.1, 0.15) is 88.3 Å². The number of fused-ring (bicyclic) bond motifs is 2. The Labute approximate surface area is 249 Å². The van der Waals surface area contributed by atoms with E-state index in [2.05, 4.69) is 43.9 Å². The van der Waals surface area contributed by atoms with Gasteiger partial charge in [0, 0.05) is 18.5 Å². The summed E-state index contributed by atoms with van der Waals surface area (Å²) in [4.78, 5) is 19.3. The number of carboxylic acid groups (broad SMARTS) is 1. The van der Waals surface area contributed by atoms with Crippen LogP contribution >= 0.6 is 0 Å². The van der Waals surface area contributed by atoms with E-state index in [0.717, 1.165) is 104 Å². The summed E-state index contributed by atoms with van der Waals surface area (Å²) >= 11 is 0. The monoisotopic (exact) mass is 574 g/mol. The van der Waals surface area contributed by atoms with Crippen LogP contribution < -0.4 is 9.47 Å². The fraction of sp³-hybridized carbons (Fsp3) is 0.600. The van der Waals surface area contributed by atoms with Crippen LogP contribution in [0.2, 0.25) is 0 Å². The molecule has 3 aromatic rings. The lowest BCUT2D eigenvalue weighted by atomic mass is 9.81. The molecule has 6 rings (SSSR count). The first-order chi connectivity index (χ1) is 20.1. The number of likely N-dealkylation sites (tertiary alicyclic amines) is 1. The Morgan fingerprint density at radius 1 is 1.12 bits per heavy atom. The standard InChI is InChI=1S/C35H46N2O5/c1-21(34(38)39)32(24-7-8-24)25-9-6-22-10-11-27(41-30(22)18-25)23-14-16-37(17-15-23)20-26-28(40-5)12-13-29-33(26)36-31(42-29)19-35(2,3)4/h6,9,12-13,18,21,23-24,27,32H,7-8,10-11,14-17,19-20H2,1-5H3,(H,38,39)/t21-,27+,32-/m0/s1. The molecule has 1 saturated heterocycles. The number of methoxy groups -OCH3 is 1. The lowest BCUT2D eigenvalue weighted by Crippen LogP contribution is -2.40. The maximum Gasteiger partial charge on any atom is 0.306 e. The van der Waals surface area contributed by atoms with Gasteiger partial charge in [0.05, 0.1) is 13.0 Å². The van der Waals surface area contributed by atoms with Gasteiger partial charge in [0.25, 0.3) is 0 Å². The molecule has 226 valence electrons. The lowest BCUT2D eigenvalue weighted by molar-refractivity contribution is -0.142. The second kappa shape index (κ2) is 11.6. The van der Waals surface area contributed by atoms with Crippen molar-refractivity contribution in [2.75, 3.05) is 20.2 Å². The van der Waals surface area contributed by atoms with Gasteiger partial charge in [-0.1, -0.05) is 39.8 Å². The highest BCUT2D eigenvalue weighted by Gasteiger charge is 2.39. The smallest absolute Gasteiger partial charge is 0.306 e. The van der Waals surface area contributed by atoms with Crippen LogP contribution in [0.3, 0.4) is 0 Å². The van der Waals surface area contributed by atoms with E-state index in [1.165, 1.54) is 5.56 Å². The molecule has 2 aromatic carbocycles. The minimum absolute atomic E-state index is 0.0655. The Hall–Kier alpha value is -3.06. The van der Waals surface area contributed by atoms with E-state index in [-0.39, 0.29) is 23.4 Å². The van der Waals surface area contributed by atoms with Crippen LogP contribution in [0.5, 0.6) is 11.5 Å². The molecule has 0 bridgehead atoms. The molecule has 3 atom stereocenters. The summed E-state index contributed by atoms with van der Waals surface area (Å²) in [7, 11) is 1.73. The Balaban J connectivity index is 1.12. The van der Waals surface area contributed by atoms with Crippen molar-refractivity contribution >= 4 is 17.1 Å². The molecule has 3 aliphatic rings. The minimum Gasteiger partial charge on any atom is -0.496 e. The molecule has 1 aromatic heterocycles. The van der Waals surface area contributed by atoms with Crippen molar-refractivity contribution in [1.82, 2.24) is 9.88 Å². The van der Waals surface area contributed by atoms with Crippen LogP contribution in [-0.2, 0) is 24.2 Å². The van der Waals surface area contributed by atoms with Crippen molar-refractivity contribution in [3.63, 3.8) is 0 Å². The van der Waals surface area contributed by atoms with E-state index in [1.807, 2.05) is 19.1 Å². The molecule has 1 N–H and O–H groups in total. The summed E-state index contributed by atoms with van der Waals surface area (Å²) in [6.45, 7) is 11.2. The Morgan fingerprint density at radius 2 is 1.88 bits per heavy atom. The molecule has 1 saturated carbocycles. The van der Waals surface area contributed by atoms with Gasteiger partial charge in [-0.05, 0) is 104 Å². The number of benzene rings is 2. The molecular weight excluding hydrogens is 528 g/mol. The first-order valence-corrected chi connectivity index (χ1v) is 15.8. The predicted molar refractivity (Wildman–Crippen MR) is 163 cm³/mol. The van der Waals surface area contributed by atoms with Gasteiger partial charge in [0.1, 0.15) is 23.1 Å². The largest absolute Gasteiger partial charge is 0.496 e. The van der Waals surface area contributed by atoms with E-state index in [0.29, 0.717) is 11.8 Å². The molecule has 0 amide bonds. The Bertz CT molecular complexity index is 1430. The summed E-state index contributed by atoms with van der Waals surface area (Å²) in [6.07, 6.45) is 7.48. The third kappa shape index (κ3) is 6.17. The number of ether oxygens (including phenoxy) is 2. The van der Waals surface area contributed by atoms with E-state index >= 15 is 0 Å². The van der Waals surface area contributed by atoms with Crippen LogP contribution in [0.4, 0.5) is 0 Å². The van der Waals surface area contributed by atoms with Crippen molar-refractivity contribution in [2.45, 2.75) is 91.2 Å². The second-order valence-electron chi connectivity index (χ2n) is 14.1. The third-order valence-corrected chi connectivity index (χ3v) is 9.62. The van der Waals surface area contributed by atoms with Crippen molar-refractivity contribution in [1.29, 1.82) is 0 Å². The average molecular weight is 575 g/mol. The van der Waals surface area contributed by atoms with Crippen LogP contribution in [0.15, 0.2) is 34.7 Å². The molecule has 1 aliphatic carbocycles. The number of nitrogens with zero attached hydrogens (tertiary/aromatic N) is 2. The summed E-state index contributed by atoms with van der Waals surface area (Å²) in [5, 5.41) is 9.73. The third-order valence-electron chi connectivity index (χ3n) is 9.62. The number of oxazole rings is 1. The quantitative estimate of drug-likeness (QED) is 0.288. The molecule has 2 fully saturated rings. The SMILES string of the molecule is COc1ccc2oc(CC(C)(C)C)nc2c1CN1CCC([C@H]2CCc3ccc([C@H](C4CC4)[C@H](C)C(=O)O)cc3O2)CC1. The Morgan fingerprint density at radius 3 is 2.55 bits per heavy atom. The maximum absolute atomic E-state index is 11.8. The van der Waals surface area contributed by atoms with Gasteiger partial charge >= 0.3 is 5.97 Å².